The topological polar surface area (TPSA) is 120 Å². The number of amides is 1. The van der Waals surface area contributed by atoms with Crippen molar-refractivity contribution < 1.29 is 29.6 Å². The number of carbonyl (C=O) groups is 1. The summed E-state index contributed by atoms with van der Waals surface area (Å²) in [6.07, 6.45) is -1.69. The maximum absolute atomic E-state index is 13.4. The average molecular weight is 545 g/mol. The van der Waals surface area contributed by atoms with Crippen molar-refractivity contribution >= 4 is 29.3 Å². The highest BCUT2D eigenvalue weighted by atomic mass is 35.5. The largest absolute Gasteiger partial charge is 0.388 e. The normalized spacial score (nSPS) is 38.2. The fraction of sp³-hybridized carbons (Fsp3) is 0.731. The SMILES string of the molecule is C.CSC1O[C@H]([C@H](NC(=O)[C@H]2NC[C@@H]3C[C@H](c4ccc(C)cc4)CCO[C@H]32)[C@H](C)Cl)C(O)[C@@H](O)[C@H]1O. The van der Waals surface area contributed by atoms with Gasteiger partial charge in [0.1, 0.15) is 35.9 Å². The molecule has 0 bridgehead atoms. The molecule has 0 aliphatic carbocycles. The Balaban J connectivity index is 0.00000361. The van der Waals surface area contributed by atoms with E-state index in [-0.39, 0.29) is 25.4 Å². The molecule has 3 saturated heterocycles. The van der Waals surface area contributed by atoms with Gasteiger partial charge in [-0.05, 0) is 44.4 Å². The Morgan fingerprint density at radius 2 is 1.89 bits per heavy atom. The molecular weight excluding hydrogens is 504 g/mol. The van der Waals surface area contributed by atoms with Crippen molar-refractivity contribution in [2.24, 2.45) is 5.92 Å². The van der Waals surface area contributed by atoms with Crippen molar-refractivity contribution in [3.8, 4) is 0 Å². The van der Waals surface area contributed by atoms with E-state index in [1.165, 1.54) is 22.9 Å². The minimum Gasteiger partial charge on any atom is -0.388 e. The second-order valence-electron chi connectivity index (χ2n) is 10.0. The van der Waals surface area contributed by atoms with Gasteiger partial charge in [0.15, 0.2) is 0 Å². The molecule has 5 N–H and O–H groups in total. The van der Waals surface area contributed by atoms with E-state index in [0.29, 0.717) is 19.1 Å². The van der Waals surface area contributed by atoms with Gasteiger partial charge in [-0.25, -0.2) is 0 Å². The highest BCUT2D eigenvalue weighted by molar-refractivity contribution is 7.99. The number of aliphatic hydroxyl groups excluding tert-OH is 3. The Labute approximate surface area is 223 Å². The molecule has 1 aromatic carbocycles. The summed E-state index contributed by atoms with van der Waals surface area (Å²) in [6.45, 7) is 5.03. The number of hydrogen-bond donors (Lipinski definition) is 5. The van der Waals surface area contributed by atoms with Crippen LogP contribution in [0.5, 0.6) is 0 Å². The number of halogens is 1. The molecule has 3 aliphatic rings. The fourth-order valence-electron chi connectivity index (χ4n) is 5.52. The first-order valence-electron chi connectivity index (χ1n) is 12.3. The van der Waals surface area contributed by atoms with Crippen molar-refractivity contribution in [2.45, 2.75) is 93.5 Å². The highest BCUT2D eigenvalue weighted by Crippen LogP contribution is 2.36. The predicted octanol–water partition coefficient (Wildman–Crippen LogP) is 1.76. The number of alkyl halides is 1. The summed E-state index contributed by atoms with van der Waals surface area (Å²) in [5.41, 5.74) is 1.79. The number of aliphatic hydroxyl groups is 3. The Bertz CT molecular complexity index is 859. The standard InChI is InChI=1S/C25H37ClN2O6S.CH4/c1-12-4-6-14(7-5-12)15-8-9-33-22-16(10-15)11-27-18(22)24(32)28-17(13(2)26)23-20(30)19(29)21(31)25(34-23)35-3;/h4-7,13,15-23,25,27,29-31H,8-11H2,1-3H3,(H,28,32);1H4/t13-,15+,16-,17+,18-,19+,20?,21+,22+,23+,25?;/m0./s1. The van der Waals surface area contributed by atoms with E-state index < -0.39 is 47.3 Å². The zero-order valence-electron chi connectivity index (χ0n) is 20.3. The zero-order valence-corrected chi connectivity index (χ0v) is 21.9. The van der Waals surface area contributed by atoms with E-state index in [0.717, 1.165) is 12.8 Å². The Kier molecular flexibility index (Phi) is 10.5. The van der Waals surface area contributed by atoms with Gasteiger partial charge in [-0.15, -0.1) is 23.4 Å². The quantitative estimate of drug-likeness (QED) is 0.344. The van der Waals surface area contributed by atoms with Gasteiger partial charge in [-0.1, -0.05) is 37.3 Å². The summed E-state index contributed by atoms with van der Waals surface area (Å²) in [6, 6.07) is 7.30. The van der Waals surface area contributed by atoms with Crippen LogP contribution in [0.3, 0.4) is 0 Å². The second kappa shape index (κ2) is 12.8. The molecule has 1 aromatic rings. The number of hydrogen-bond acceptors (Lipinski definition) is 8. The van der Waals surface area contributed by atoms with Crippen LogP contribution < -0.4 is 10.6 Å². The molecule has 36 heavy (non-hydrogen) atoms. The van der Waals surface area contributed by atoms with Gasteiger partial charge in [0.05, 0.1) is 17.5 Å². The number of nitrogens with one attached hydrogen (secondary N) is 2. The van der Waals surface area contributed by atoms with E-state index in [4.69, 9.17) is 21.1 Å². The van der Waals surface area contributed by atoms with Crippen LogP contribution in [0, 0.1) is 12.8 Å². The first kappa shape index (κ1) is 29.6. The van der Waals surface area contributed by atoms with Crippen molar-refractivity contribution in [1.29, 1.82) is 0 Å². The van der Waals surface area contributed by atoms with E-state index >= 15 is 0 Å². The Morgan fingerprint density at radius 1 is 1.19 bits per heavy atom. The lowest BCUT2D eigenvalue weighted by atomic mass is 9.85. The second-order valence-corrected chi connectivity index (χ2v) is 11.6. The molecule has 204 valence electrons. The number of carbonyl (C=O) groups excluding carboxylic acids is 1. The van der Waals surface area contributed by atoms with Crippen LogP contribution in [0.2, 0.25) is 0 Å². The van der Waals surface area contributed by atoms with Crippen LogP contribution in [0.25, 0.3) is 0 Å². The van der Waals surface area contributed by atoms with Gasteiger partial charge in [0.2, 0.25) is 5.91 Å². The molecule has 11 atom stereocenters. The van der Waals surface area contributed by atoms with Gasteiger partial charge < -0.3 is 35.4 Å². The van der Waals surface area contributed by atoms with E-state index in [1.54, 1.807) is 13.2 Å². The molecule has 0 radical (unpaired) electrons. The highest BCUT2D eigenvalue weighted by Gasteiger charge is 2.49. The lowest BCUT2D eigenvalue weighted by Gasteiger charge is -2.44. The molecule has 3 heterocycles. The molecule has 10 heteroatoms. The van der Waals surface area contributed by atoms with Gasteiger partial charge in [0.25, 0.3) is 0 Å². The van der Waals surface area contributed by atoms with Crippen LogP contribution >= 0.6 is 23.4 Å². The van der Waals surface area contributed by atoms with Crippen molar-refractivity contribution in [2.75, 3.05) is 19.4 Å². The molecule has 0 saturated carbocycles. The smallest absolute Gasteiger partial charge is 0.240 e. The van der Waals surface area contributed by atoms with Crippen molar-refractivity contribution in [3.63, 3.8) is 0 Å². The molecular formula is C26H41ClN2O6S. The first-order valence-corrected chi connectivity index (χ1v) is 14.0. The first-order chi connectivity index (χ1) is 16.7. The molecule has 2 unspecified atom stereocenters. The van der Waals surface area contributed by atoms with Gasteiger partial charge in [-0.2, -0.15) is 0 Å². The fourth-order valence-corrected chi connectivity index (χ4v) is 6.41. The van der Waals surface area contributed by atoms with Crippen LogP contribution in [0.15, 0.2) is 24.3 Å². The van der Waals surface area contributed by atoms with Gasteiger partial charge >= 0.3 is 0 Å². The molecule has 3 fully saturated rings. The molecule has 4 rings (SSSR count). The van der Waals surface area contributed by atoms with E-state index in [1.807, 2.05) is 0 Å². The maximum atomic E-state index is 13.4. The maximum Gasteiger partial charge on any atom is 0.240 e. The summed E-state index contributed by atoms with van der Waals surface area (Å²) in [4.78, 5) is 13.4. The third-order valence-electron chi connectivity index (χ3n) is 7.58. The van der Waals surface area contributed by atoms with Crippen LogP contribution in [0.4, 0.5) is 0 Å². The predicted molar refractivity (Wildman–Crippen MR) is 142 cm³/mol. The summed E-state index contributed by atoms with van der Waals surface area (Å²) < 4.78 is 12.1. The number of rotatable bonds is 6. The van der Waals surface area contributed by atoms with Crippen molar-refractivity contribution in [1.82, 2.24) is 10.6 Å². The van der Waals surface area contributed by atoms with Crippen LogP contribution in [-0.4, -0.2) is 94.1 Å². The minimum absolute atomic E-state index is 0. The average Bonchev–Trinajstić information content (AvgIpc) is 3.12. The third-order valence-corrected chi connectivity index (χ3v) is 8.71. The Morgan fingerprint density at radius 3 is 2.53 bits per heavy atom. The Hall–Kier alpha value is -0.910. The summed E-state index contributed by atoms with van der Waals surface area (Å²) in [5.74, 6) is 0.300. The molecule has 8 nitrogen and oxygen atoms in total. The number of aryl methyl sites for hydroxylation is 1. The summed E-state index contributed by atoms with van der Waals surface area (Å²) in [7, 11) is 0. The van der Waals surface area contributed by atoms with Crippen molar-refractivity contribution in [3.05, 3.63) is 35.4 Å². The number of benzene rings is 1. The number of fused-ring (bicyclic) bond motifs is 1. The third kappa shape index (κ3) is 6.21. The monoisotopic (exact) mass is 544 g/mol. The van der Waals surface area contributed by atoms with Gasteiger partial charge in [0, 0.05) is 19.1 Å². The lowest BCUT2D eigenvalue weighted by molar-refractivity contribution is -0.205. The molecule has 0 spiro atoms. The van der Waals surface area contributed by atoms with Crippen LogP contribution in [0.1, 0.15) is 44.2 Å². The molecule has 0 aromatic heterocycles. The zero-order chi connectivity index (χ0) is 25.3. The van der Waals surface area contributed by atoms with Gasteiger partial charge in [-0.3, -0.25) is 4.79 Å². The molecule has 3 aliphatic heterocycles. The lowest BCUT2D eigenvalue weighted by Crippen LogP contribution is -2.65. The number of ether oxygens (including phenoxy) is 2. The van der Waals surface area contributed by atoms with Crippen LogP contribution in [-0.2, 0) is 14.3 Å². The minimum atomic E-state index is -1.40. The van der Waals surface area contributed by atoms with E-state index in [9.17, 15) is 20.1 Å². The molecule has 1 amide bonds. The summed E-state index contributed by atoms with van der Waals surface area (Å²) >= 11 is 7.64. The van der Waals surface area contributed by atoms with E-state index in [2.05, 4.69) is 41.8 Å². The summed E-state index contributed by atoms with van der Waals surface area (Å²) in [5, 5.41) is 36.8. The number of thioether (sulfide) groups is 1.